The third-order valence-corrected chi connectivity index (χ3v) is 4.36. The van der Waals surface area contributed by atoms with Crippen LogP contribution in [0.4, 0.5) is 0 Å². The molecule has 1 amide bonds. The van der Waals surface area contributed by atoms with Gasteiger partial charge in [0.25, 0.3) is 5.91 Å². The summed E-state index contributed by atoms with van der Waals surface area (Å²) in [4.78, 5) is 14.1. The summed E-state index contributed by atoms with van der Waals surface area (Å²) in [6, 6.07) is 5.83. The number of carbonyl (C=O) groups is 1. The molecule has 0 fully saturated rings. The highest BCUT2D eigenvalue weighted by molar-refractivity contribution is 9.10. The zero-order valence-electron chi connectivity index (χ0n) is 12.1. The van der Waals surface area contributed by atoms with Crippen LogP contribution in [-0.2, 0) is 0 Å². The van der Waals surface area contributed by atoms with E-state index in [0.29, 0.717) is 12.5 Å². The number of amides is 1. The molecule has 3 nitrogen and oxygen atoms in total. The molecule has 0 radical (unpaired) electrons. The molecule has 1 rings (SSSR count). The van der Waals surface area contributed by atoms with Gasteiger partial charge >= 0.3 is 0 Å². The van der Waals surface area contributed by atoms with Gasteiger partial charge in [0.1, 0.15) is 0 Å². The van der Waals surface area contributed by atoms with E-state index in [1.807, 2.05) is 32.2 Å². The van der Waals surface area contributed by atoms with Crippen molar-refractivity contribution in [2.75, 3.05) is 13.6 Å². The maximum atomic E-state index is 12.4. The molecule has 0 saturated carbocycles. The average Bonchev–Trinajstić information content (AvgIpc) is 2.37. The van der Waals surface area contributed by atoms with Gasteiger partial charge < -0.3 is 10.6 Å². The monoisotopic (exact) mass is 326 g/mol. The minimum atomic E-state index is 0.0507. The van der Waals surface area contributed by atoms with Crippen LogP contribution in [0.15, 0.2) is 22.7 Å². The minimum absolute atomic E-state index is 0.0507. The van der Waals surface area contributed by atoms with Crippen LogP contribution >= 0.6 is 15.9 Å². The number of rotatable bonds is 5. The number of hydrogen-bond acceptors (Lipinski definition) is 2. The van der Waals surface area contributed by atoms with Crippen LogP contribution in [0.25, 0.3) is 0 Å². The smallest absolute Gasteiger partial charge is 0.253 e. The summed E-state index contributed by atoms with van der Waals surface area (Å²) in [6.07, 6.45) is 0.826. The lowest BCUT2D eigenvalue weighted by molar-refractivity contribution is 0.0788. The Morgan fingerprint density at radius 2 is 2.05 bits per heavy atom. The second-order valence-corrected chi connectivity index (χ2v) is 6.19. The summed E-state index contributed by atoms with van der Waals surface area (Å²) in [5.74, 6) is 0.492. The Morgan fingerprint density at radius 1 is 1.42 bits per heavy atom. The van der Waals surface area contributed by atoms with E-state index in [9.17, 15) is 4.79 Å². The number of nitrogens with zero attached hydrogens (tertiary/aromatic N) is 1. The standard InChI is InChI=1S/C15H23BrN2O/c1-10(2)14(17)8-9-18(4)15(19)12-6-5-7-13(16)11(12)3/h5-7,10,14H,8-9,17H2,1-4H3. The van der Waals surface area contributed by atoms with Crippen LogP contribution in [0.2, 0.25) is 0 Å². The van der Waals surface area contributed by atoms with Gasteiger partial charge in [0.2, 0.25) is 0 Å². The number of benzene rings is 1. The molecule has 0 aliphatic heterocycles. The van der Waals surface area contributed by atoms with E-state index in [1.54, 1.807) is 4.90 Å². The first kappa shape index (κ1) is 16.2. The fourth-order valence-corrected chi connectivity index (χ4v) is 2.19. The van der Waals surface area contributed by atoms with E-state index in [0.717, 1.165) is 22.0 Å². The average molecular weight is 327 g/mol. The van der Waals surface area contributed by atoms with Gasteiger partial charge in [-0.1, -0.05) is 35.8 Å². The van der Waals surface area contributed by atoms with E-state index in [-0.39, 0.29) is 11.9 Å². The Hall–Kier alpha value is -0.870. The molecule has 1 unspecified atom stereocenters. The molecule has 1 aromatic carbocycles. The van der Waals surface area contributed by atoms with Crippen LogP contribution in [0.1, 0.15) is 36.2 Å². The zero-order chi connectivity index (χ0) is 14.6. The second kappa shape index (κ2) is 7.06. The zero-order valence-corrected chi connectivity index (χ0v) is 13.7. The summed E-state index contributed by atoms with van der Waals surface area (Å²) >= 11 is 3.45. The highest BCUT2D eigenvalue weighted by Gasteiger charge is 2.16. The van der Waals surface area contributed by atoms with Gasteiger partial charge in [-0.25, -0.2) is 0 Å². The first-order chi connectivity index (χ1) is 8.84. The second-order valence-electron chi connectivity index (χ2n) is 5.34. The van der Waals surface area contributed by atoms with Gasteiger partial charge in [0.05, 0.1) is 0 Å². The van der Waals surface area contributed by atoms with Crippen LogP contribution in [0.5, 0.6) is 0 Å². The van der Waals surface area contributed by atoms with Crippen LogP contribution < -0.4 is 5.73 Å². The SMILES string of the molecule is Cc1c(Br)cccc1C(=O)N(C)CCC(N)C(C)C. The van der Waals surface area contributed by atoms with Crippen molar-refractivity contribution < 1.29 is 4.79 Å². The molecular formula is C15H23BrN2O. The molecule has 1 atom stereocenters. The van der Waals surface area contributed by atoms with Crippen LogP contribution in [-0.4, -0.2) is 30.4 Å². The first-order valence-electron chi connectivity index (χ1n) is 6.60. The predicted molar refractivity (Wildman–Crippen MR) is 83.3 cm³/mol. The fraction of sp³-hybridized carbons (Fsp3) is 0.533. The highest BCUT2D eigenvalue weighted by Crippen LogP contribution is 2.20. The summed E-state index contributed by atoms with van der Waals surface area (Å²) in [5, 5.41) is 0. The van der Waals surface area contributed by atoms with Gasteiger partial charge in [0, 0.05) is 29.7 Å². The molecule has 0 bridgehead atoms. The molecule has 0 saturated heterocycles. The third kappa shape index (κ3) is 4.32. The Morgan fingerprint density at radius 3 is 2.63 bits per heavy atom. The predicted octanol–water partition coefficient (Wildman–Crippen LogP) is 3.20. The minimum Gasteiger partial charge on any atom is -0.342 e. The number of halogens is 1. The Balaban J connectivity index is 2.69. The van der Waals surface area contributed by atoms with Crippen molar-refractivity contribution in [2.45, 2.75) is 33.2 Å². The van der Waals surface area contributed by atoms with Crippen molar-refractivity contribution >= 4 is 21.8 Å². The van der Waals surface area contributed by atoms with E-state index >= 15 is 0 Å². The Labute approximate surface area is 124 Å². The summed E-state index contributed by atoms with van der Waals surface area (Å²) < 4.78 is 0.964. The molecule has 0 spiro atoms. The molecule has 4 heteroatoms. The molecule has 1 aromatic rings. The molecule has 0 aliphatic carbocycles. The molecule has 2 N–H and O–H groups in total. The quantitative estimate of drug-likeness (QED) is 0.903. The summed E-state index contributed by atoms with van der Waals surface area (Å²) in [7, 11) is 1.83. The van der Waals surface area contributed by atoms with E-state index in [4.69, 9.17) is 5.73 Å². The Bertz CT molecular complexity index is 446. The Kier molecular flexibility index (Phi) is 6.01. The van der Waals surface area contributed by atoms with Crippen molar-refractivity contribution in [3.63, 3.8) is 0 Å². The van der Waals surface area contributed by atoms with Crippen LogP contribution in [0.3, 0.4) is 0 Å². The highest BCUT2D eigenvalue weighted by atomic mass is 79.9. The van der Waals surface area contributed by atoms with Crippen molar-refractivity contribution in [2.24, 2.45) is 11.7 Å². The molecule has 106 valence electrons. The molecule has 0 aromatic heterocycles. The molecule has 19 heavy (non-hydrogen) atoms. The third-order valence-electron chi connectivity index (χ3n) is 3.50. The van der Waals surface area contributed by atoms with Crippen molar-refractivity contribution in [3.05, 3.63) is 33.8 Å². The van der Waals surface area contributed by atoms with Crippen molar-refractivity contribution in [1.29, 1.82) is 0 Å². The largest absolute Gasteiger partial charge is 0.342 e. The maximum absolute atomic E-state index is 12.4. The normalized spacial score (nSPS) is 12.6. The molecular weight excluding hydrogens is 304 g/mol. The van der Waals surface area contributed by atoms with Crippen LogP contribution in [0, 0.1) is 12.8 Å². The van der Waals surface area contributed by atoms with E-state index in [1.165, 1.54) is 0 Å². The summed E-state index contributed by atoms with van der Waals surface area (Å²) in [6.45, 7) is 6.84. The van der Waals surface area contributed by atoms with Gasteiger partial charge in [-0.15, -0.1) is 0 Å². The lowest BCUT2D eigenvalue weighted by Crippen LogP contribution is -2.34. The first-order valence-corrected chi connectivity index (χ1v) is 7.40. The topological polar surface area (TPSA) is 46.3 Å². The molecule has 0 heterocycles. The van der Waals surface area contributed by atoms with E-state index in [2.05, 4.69) is 29.8 Å². The van der Waals surface area contributed by atoms with Gasteiger partial charge in [-0.05, 0) is 37.0 Å². The maximum Gasteiger partial charge on any atom is 0.253 e. The number of hydrogen-bond donors (Lipinski definition) is 1. The van der Waals surface area contributed by atoms with Gasteiger partial charge in [-0.2, -0.15) is 0 Å². The summed E-state index contributed by atoms with van der Waals surface area (Å²) in [5.41, 5.74) is 7.74. The molecule has 0 aliphatic rings. The number of carbonyl (C=O) groups excluding carboxylic acids is 1. The van der Waals surface area contributed by atoms with Gasteiger partial charge in [0.15, 0.2) is 0 Å². The number of nitrogens with two attached hydrogens (primary N) is 1. The van der Waals surface area contributed by atoms with Crippen molar-refractivity contribution in [1.82, 2.24) is 4.90 Å². The van der Waals surface area contributed by atoms with Crippen molar-refractivity contribution in [3.8, 4) is 0 Å². The lowest BCUT2D eigenvalue weighted by Gasteiger charge is -2.22. The fourth-order valence-electron chi connectivity index (χ4n) is 1.82. The van der Waals surface area contributed by atoms with E-state index < -0.39 is 0 Å². The van der Waals surface area contributed by atoms with Gasteiger partial charge in [-0.3, -0.25) is 4.79 Å². The lowest BCUT2D eigenvalue weighted by atomic mass is 10.0.